The number of carbonyl (C=O) groups excluding carboxylic acids is 1. The van der Waals surface area contributed by atoms with E-state index < -0.39 is 5.82 Å². The van der Waals surface area contributed by atoms with E-state index in [0.717, 1.165) is 11.8 Å². The van der Waals surface area contributed by atoms with Gasteiger partial charge >= 0.3 is 0 Å². The van der Waals surface area contributed by atoms with E-state index in [1.165, 1.54) is 12.1 Å². The minimum absolute atomic E-state index is 0.0119. The van der Waals surface area contributed by atoms with E-state index in [9.17, 15) is 9.18 Å². The minimum atomic E-state index is -0.447. The number of hydrogen-bond donors (Lipinski definition) is 0. The highest BCUT2D eigenvalue weighted by atomic mass is 35.5. The number of halogens is 2. The summed E-state index contributed by atoms with van der Waals surface area (Å²) in [4.78, 5) is 14.1. The average Bonchev–Trinajstić information content (AvgIpc) is 2.47. The van der Waals surface area contributed by atoms with Gasteiger partial charge in [-0.3, -0.25) is 4.79 Å². The van der Waals surface area contributed by atoms with E-state index in [0.29, 0.717) is 0 Å². The van der Waals surface area contributed by atoms with Gasteiger partial charge in [0.2, 0.25) is 0 Å². The molecule has 0 radical (unpaired) electrons. The topological polar surface area (TPSA) is 29.5 Å². The fourth-order valence-corrected chi connectivity index (χ4v) is 2.34. The van der Waals surface area contributed by atoms with Gasteiger partial charge < -0.3 is 9.64 Å². The molecule has 1 amide bonds. The summed E-state index contributed by atoms with van der Waals surface area (Å²) in [7, 11) is 0. The molecule has 0 spiro atoms. The number of benzene rings is 2. The van der Waals surface area contributed by atoms with Gasteiger partial charge in [-0.1, -0.05) is 29.8 Å². The molecular weight excluding hydrogens is 305 g/mol. The molecule has 0 aliphatic heterocycles. The van der Waals surface area contributed by atoms with Crippen LogP contribution in [0.5, 0.6) is 5.75 Å². The normalized spacial score (nSPS) is 10.6. The van der Waals surface area contributed by atoms with Gasteiger partial charge in [0.05, 0.1) is 5.02 Å². The lowest BCUT2D eigenvalue weighted by molar-refractivity contribution is -0.120. The Kier molecular flexibility index (Phi) is 5.39. The predicted molar refractivity (Wildman–Crippen MR) is 86.0 cm³/mol. The van der Waals surface area contributed by atoms with Crippen molar-refractivity contribution in [1.29, 1.82) is 0 Å². The molecule has 5 heteroatoms. The lowest BCUT2D eigenvalue weighted by atomic mass is 10.2. The highest BCUT2D eigenvalue weighted by Crippen LogP contribution is 2.25. The molecule has 3 nitrogen and oxygen atoms in total. The summed E-state index contributed by atoms with van der Waals surface area (Å²) < 4.78 is 18.4. The first-order valence-electron chi connectivity index (χ1n) is 6.94. The second-order valence-electron chi connectivity index (χ2n) is 5.06. The summed E-state index contributed by atoms with van der Waals surface area (Å²) in [5.74, 6) is -0.355. The van der Waals surface area contributed by atoms with Gasteiger partial charge in [0, 0.05) is 11.7 Å². The summed E-state index contributed by atoms with van der Waals surface area (Å²) in [5, 5.41) is 0.142. The monoisotopic (exact) mass is 321 g/mol. The molecule has 0 N–H and O–H groups in total. The zero-order valence-electron chi connectivity index (χ0n) is 12.4. The first kappa shape index (κ1) is 16.3. The Morgan fingerprint density at radius 1 is 1.23 bits per heavy atom. The molecule has 22 heavy (non-hydrogen) atoms. The van der Waals surface area contributed by atoms with E-state index in [4.69, 9.17) is 16.3 Å². The van der Waals surface area contributed by atoms with Crippen molar-refractivity contribution < 1.29 is 13.9 Å². The largest absolute Gasteiger partial charge is 0.482 e. The number of ether oxygens (including phenoxy) is 1. The van der Waals surface area contributed by atoms with Crippen molar-refractivity contribution in [3.8, 4) is 5.75 Å². The van der Waals surface area contributed by atoms with Gasteiger partial charge in [-0.15, -0.1) is 0 Å². The molecule has 0 fully saturated rings. The van der Waals surface area contributed by atoms with Crippen LogP contribution in [0.1, 0.15) is 13.8 Å². The van der Waals surface area contributed by atoms with Crippen molar-refractivity contribution >= 4 is 23.2 Å². The highest BCUT2D eigenvalue weighted by molar-refractivity contribution is 6.32. The Labute approximate surface area is 134 Å². The smallest absolute Gasteiger partial charge is 0.265 e. The third kappa shape index (κ3) is 3.98. The lowest BCUT2D eigenvalue weighted by Gasteiger charge is -2.27. The molecule has 0 bridgehead atoms. The number of hydrogen-bond acceptors (Lipinski definition) is 2. The van der Waals surface area contributed by atoms with Gasteiger partial charge in [-0.25, -0.2) is 4.39 Å². The highest BCUT2D eigenvalue weighted by Gasteiger charge is 2.19. The second-order valence-corrected chi connectivity index (χ2v) is 5.46. The maximum atomic E-state index is 13.0. The molecule has 0 unspecified atom stereocenters. The Morgan fingerprint density at radius 3 is 2.50 bits per heavy atom. The van der Waals surface area contributed by atoms with Crippen molar-refractivity contribution in [3.63, 3.8) is 0 Å². The van der Waals surface area contributed by atoms with Crippen molar-refractivity contribution in [1.82, 2.24) is 0 Å². The summed E-state index contributed by atoms with van der Waals surface area (Å²) in [6.45, 7) is 3.68. The van der Waals surface area contributed by atoms with Crippen molar-refractivity contribution in [3.05, 3.63) is 59.4 Å². The van der Waals surface area contributed by atoms with E-state index in [1.54, 1.807) is 4.90 Å². The van der Waals surface area contributed by atoms with Crippen LogP contribution in [0.2, 0.25) is 5.02 Å². The predicted octanol–water partition coefficient (Wildman–Crippen LogP) is 4.30. The number of rotatable bonds is 5. The van der Waals surface area contributed by atoms with Gasteiger partial charge in [-0.05, 0) is 44.2 Å². The van der Waals surface area contributed by atoms with Crippen LogP contribution in [0.4, 0.5) is 10.1 Å². The first-order chi connectivity index (χ1) is 10.5. The first-order valence-corrected chi connectivity index (χ1v) is 7.32. The lowest BCUT2D eigenvalue weighted by Crippen LogP contribution is -2.40. The van der Waals surface area contributed by atoms with E-state index in [2.05, 4.69) is 0 Å². The summed E-state index contributed by atoms with van der Waals surface area (Å²) in [5.41, 5.74) is 0.802. The zero-order chi connectivity index (χ0) is 16.1. The molecule has 0 saturated heterocycles. The molecule has 0 aliphatic carbocycles. The number of para-hydroxylation sites is 1. The second kappa shape index (κ2) is 7.27. The van der Waals surface area contributed by atoms with Crippen molar-refractivity contribution in [2.75, 3.05) is 11.5 Å². The zero-order valence-corrected chi connectivity index (χ0v) is 13.2. The van der Waals surface area contributed by atoms with E-state index in [-0.39, 0.29) is 29.3 Å². The van der Waals surface area contributed by atoms with Gasteiger partial charge in [0.25, 0.3) is 5.91 Å². The molecule has 2 aromatic carbocycles. The number of anilines is 1. The fourth-order valence-electron chi connectivity index (χ4n) is 2.12. The summed E-state index contributed by atoms with van der Waals surface area (Å²) in [6, 6.07) is 13.1. The quantitative estimate of drug-likeness (QED) is 0.821. The van der Waals surface area contributed by atoms with E-state index >= 15 is 0 Å². The van der Waals surface area contributed by atoms with Crippen LogP contribution in [0.15, 0.2) is 48.5 Å². The SMILES string of the molecule is CC(C)N(C(=O)COc1ccc(F)cc1Cl)c1ccccc1. The minimum Gasteiger partial charge on any atom is -0.482 e. The number of nitrogens with zero attached hydrogens (tertiary/aromatic N) is 1. The molecule has 0 aromatic heterocycles. The average molecular weight is 322 g/mol. The van der Waals surface area contributed by atoms with Crippen LogP contribution >= 0.6 is 11.6 Å². The molecule has 0 aliphatic rings. The van der Waals surface area contributed by atoms with Crippen LogP contribution in [0, 0.1) is 5.82 Å². The maximum Gasteiger partial charge on any atom is 0.265 e. The molecule has 0 saturated carbocycles. The molecular formula is C17H17ClFNO2. The maximum absolute atomic E-state index is 13.0. The summed E-state index contributed by atoms with van der Waals surface area (Å²) in [6.07, 6.45) is 0. The molecule has 0 atom stereocenters. The van der Waals surface area contributed by atoms with Crippen LogP contribution in [0.3, 0.4) is 0 Å². The van der Waals surface area contributed by atoms with Crippen molar-refractivity contribution in [2.24, 2.45) is 0 Å². The van der Waals surface area contributed by atoms with Crippen LogP contribution in [-0.4, -0.2) is 18.6 Å². The standard InChI is InChI=1S/C17H17ClFNO2/c1-12(2)20(14-6-4-3-5-7-14)17(21)11-22-16-9-8-13(19)10-15(16)18/h3-10,12H,11H2,1-2H3. The van der Waals surface area contributed by atoms with Crippen molar-refractivity contribution in [2.45, 2.75) is 19.9 Å². The molecule has 2 aromatic rings. The Bertz CT molecular complexity index is 646. The van der Waals surface area contributed by atoms with Crippen LogP contribution < -0.4 is 9.64 Å². The van der Waals surface area contributed by atoms with Crippen LogP contribution in [0.25, 0.3) is 0 Å². The van der Waals surface area contributed by atoms with Gasteiger partial charge in [-0.2, -0.15) is 0 Å². The van der Waals surface area contributed by atoms with E-state index in [1.807, 2.05) is 44.2 Å². The molecule has 0 heterocycles. The Hall–Kier alpha value is -2.07. The number of amides is 1. The number of carbonyl (C=O) groups is 1. The molecule has 116 valence electrons. The van der Waals surface area contributed by atoms with Crippen LogP contribution in [-0.2, 0) is 4.79 Å². The van der Waals surface area contributed by atoms with Gasteiger partial charge in [0.1, 0.15) is 11.6 Å². The van der Waals surface area contributed by atoms with Gasteiger partial charge in [0.15, 0.2) is 6.61 Å². The third-order valence-electron chi connectivity index (χ3n) is 3.06. The third-order valence-corrected chi connectivity index (χ3v) is 3.36. The summed E-state index contributed by atoms with van der Waals surface area (Å²) >= 11 is 5.88. The fraction of sp³-hybridized carbons (Fsp3) is 0.235. The Balaban J connectivity index is 2.09. The Morgan fingerprint density at radius 2 is 1.91 bits per heavy atom. The molecule has 2 rings (SSSR count).